The van der Waals surface area contributed by atoms with Gasteiger partial charge in [-0.2, -0.15) is 0 Å². The molecule has 2 unspecified atom stereocenters. The van der Waals surface area contributed by atoms with Gasteiger partial charge in [0.15, 0.2) is 0 Å². The van der Waals surface area contributed by atoms with E-state index in [-0.39, 0.29) is 24.8 Å². The Hall–Kier alpha value is -1.55. The van der Waals surface area contributed by atoms with Crippen molar-refractivity contribution in [2.45, 2.75) is 32.3 Å². The normalized spacial score (nSPS) is 20.0. The molecule has 2 aromatic carbocycles. The van der Waals surface area contributed by atoms with Gasteiger partial charge in [-0.15, -0.1) is 12.4 Å². The van der Waals surface area contributed by atoms with Gasteiger partial charge >= 0.3 is 0 Å². The summed E-state index contributed by atoms with van der Waals surface area (Å²) in [5, 5.41) is 3.37. The van der Waals surface area contributed by atoms with Crippen LogP contribution in [0.3, 0.4) is 0 Å². The topological polar surface area (TPSA) is 30.5 Å². The third-order valence-corrected chi connectivity index (χ3v) is 3.54. The zero-order valence-electron chi connectivity index (χ0n) is 12.9. The lowest BCUT2D eigenvalue weighted by Crippen LogP contribution is -2.40. The maximum Gasteiger partial charge on any atom is 0.213 e. The Morgan fingerprint density at radius 2 is 1.68 bits per heavy atom. The predicted molar refractivity (Wildman–Crippen MR) is 90.6 cm³/mol. The number of hydrogen-bond acceptors (Lipinski definition) is 3. The van der Waals surface area contributed by atoms with Gasteiger partial charge in [-0.1, -0.05) is 62.4 Å². The number of benzene rings is 2. The molecule has 3 nitrogen and oxygen atoms in total. The maximum atomic E-state index is 6.16. The van der Waals surface area contributed by atoms with Crippen molar-refractivity contribution < 1.29 is 9.47 Å². The van der Waals surface area contributed by atoms with Gasteiger partial charge < -0.3 is 14.8 Å². The highest BCUT2D eigenvalue weighted by Crippen LogP contribution is 2.38. The van der Waals surface area contributed by atoms with E-state index >= 15 is 0 Å². The zero-order valence-corrected chi connectivity index (χ0v) is 13.7. The smallest absolute Gasteiger partial charge is 0.213 e. The Kier molecular flexibility index (Phi) is 5.83. The van der Waals surface area contributed by atoms with Crippen molar-refractivity contribution in [2.24, 2.45) is 0 Å². The van der Waals surface area contributed by atoms with Gasteiger partial charge in [-0.05, 0) is 11.6 Å². The highest BCUT2D eigenvalue weighted by atomic mass is 35.5. The number of halogens is 1. The van der Waals surface area contributed by atoms with Crippen molar-refractivity contribution in [2.75, 3.05) is 6.54 Å². The van der Waals surface area contributed by atoms with E-state index < -0.39 is 0 Å². The van der Waals surface area contributed by atoms with Crippen LogP contribution in [0.4, 0.5) is 0 Å². The molecule has 0 spiro atoms. The van der Waals surface area contributed by atoms with Crippen LogP contribution in [0.5, 0.6) is 5.75 Å². The first-order valence-corrected chi connectivity index (χ1v) is 7.43. The van der Waals surface area contributed by atoms with Crippen molar-refractivity contribution in [1.82, 2.24) is 5.32 Å². The molecule has 4 heteroatoms. The van der Waals surface area contributed by atoms with Gasteiger partial charge in [0, 0.05) is 11.6 Å². The van der Waals surface area contributed by atoms with E-state index in [9.17, 15) is 0 Å². The Balaban J connectivity index is 0.00000176. The van der Waals surface area contributed by atoms with E-state index in [1.165, 1.54) is 0 Å². The van der Waals surface area contributed by atoms with Crippen LogP contribution in [0.1, 0.15) is 31.1 Å². The molecule has 0 aliphatic carbocycles. The fourth-order valence-corrected chi connectivity index (χ4v) is 2.51. The molecule has 22 heavy (non-hydrogen) atoms. The molecular weight excluding hydrogens is 298 g/mol. The van der Waals surface area contributed by atoms with E-state index in [1.807, 2.05) is 36.4 Å². The lowest BCUT2D eigenvalue weighted by Gasteiger charge is -2.33. The van der Waals surface area contributed by atoms with Gasteiger partial charge in [0.05, 0.1) is 6.54 Å². The van der Waals surface area contributed by atoms with E-state index in [4.69, 9.17) is 9.47 Å². The summed E-state index contributed by atoms with van der Waals surface area (Å²) in [5.74, 6) is 0.910. The first-order valence-electron chi connectivity index (χ1n) is 7.43. The lowest BCUT2D eigenvalue weighted by molar-refractivity contribution is -0.125. The van der Waals surface area contributed by atoms with Gasteiger partial charge in [-0.3, -0.25) is 0 Å². The minimum Gasteiger partial charge on any atom is -0.463 e. The molecule has 0 aromatic heterocycles. The Labute approximate surface area is 138 Å². The van der Waals surface area contributed by atoms with Crippen molar-refractivity contribution >= 4 is 12.4 Å². The summed E-state index contributed by atoms with van der Waals surface area (Å²) >= 11 is 0. The second-order valence-electron chi connectivity index (χ2n) is 5.57. The third kappa shape index (κ3) is 3.80. The van der Waals surface area contributed by atoms with Crippen LogP contribution >= 0.6 is 12.4 Å². The van der Waals surface area contributed by atoms with Crippen LogP contribution in [0.25, 0.3) is 0 Å². The molecule has 2 aromatic rings. The van der Waals surface area contributed by atoms with E-state index in [0.717, 1.165) is 16.9 Å². The van der Waals surface area contributed by atoms with Crippen LogP contribution in [-0.4, -0.2) is 18.9 Å². The molecule has 0 amide bonds. The zero-order chi connectivity index (χ0) is 14.7. The first-order chi connectivity index (χ1) is 10.2. The molecule has 0 radical (unpaired) electrons. The van der Waals surface area contributed by atoms with Crippen molar-refractivity contribution in [3.8, 4) is 5.75 Å². The average Bonchev–Trinajstić information content (AvgIpc) is 2.53. The van der Waals surface area contributed by atoms with E-state index in [1.54, 1.807) is 0 Å². The van der Waals surface area contributed by atoms with Crippen LogP contribution < -0.4 is 10.1 Å². The monoisotopic (exact) mass is 319 g/mol. The third-order valence-electron chi connectivity index (χ3n) is 3.54. The van der Waals surface area contributed by atoms with Crippen LogP contribution in [0, 0.1) is 0 Å². The molecule has 0 fully saturated rings. The van der Waals surface area contributed by atoms with Crippen LogP contribution in [-0.2, 0) is 4.74 Å². The Morgan fingerprint density at radius 1 is 1.00 bits per heavy atom. The largest absolute Gasteiger partial charge is 0.463 e. The minimum atomic E-state index is -0.271. The van der Waals surface area contributed by atoms with Crippen molar-refractivity contribution in [3.05, 3.63) is 65.7 Å². The highest BCUT2D eigenvalue weighted by Gasteiger charge is 2.29. The quantitative estimate of drug-likeness (QED) is 0.926. The number of hydrogen-bond donors (Lipinski definition) is 1. The summed E-state index contributed by atoms with van der Waals surface area (Å²) in [7, 11) is 0. The molecule has 1 heterocycles. The number of rotatable bonds is 4. The lowest BCUT2D eigenvalue weighted by atomic mass is 9.99. The van der Waals surface area contributed by atoms with Crippen LogP contribution in [0.2, 0.25) is 0 Å². The van der Waals surface area contributed by atoms with Gasteiger partial charge in [0.2, 0.25) is 6.29 Å². The number of para-hydroxylation sites is 1. The maximum absolute atomic E-state index is 6.16. The molecule has 1 N–H and O–H groups in total. The number of nitrogens with one attached hydrogen (secondary N) is 1. The first kappa shape index (κ1) is 16.8. The number of fused-ring (bicyclic) bond motifs is 1. The molecule has 1 aliphatic rings. The summed E-state index contributed by atoms with van der Waals surface area (Å²) in [6, 6.07) is 18.8. The summed E-state index contributed by atoms with van der Waals surface area (Å²) in [4.78, 5) is 0. The van der Waals surface area contributed by atoms with Gasteiger partial charge in [0.1, 0.15) is 11.9 Å². The number of ether oxygens (including phenoxy) is 2. The molecule has 3 rings (SSSR count). The Bertz CT molecular complexity index is 589. The standard InChI is InChI=1S/C18H21NO2.ClH/c1-13(2)19-12-17-20-16-11-7-6-10-15(16)18(21-17)14-8-4-3-5-9-14;/h3-11,13,17-19H,12H2,1-2H3;1H. The highest BCUT2D eigenvalue weighted by molar-refractivity contribution is 5.85. The molecule has 1 aliphatic heterocycles. The fourth-order valence-electron chi connectivity index (χ4n) is 2.51. The fraction of sp³-hybridized carbons (Fsp3) is 0.333. The van der Waals surface area contributed by atoms with E-state index in [2.05, 4.69) is 37.4 Å². The summed E-state index contributed by atoms with van der Waals surface area (Å²) in [6.07, 6.45) is -0.345. The SMILES string of the molecule is CC(C)NCC1Oc2ccccc2C(c2ccccc2)O1.Cl. The van der Waals surface area contributed by atoms with Crippen molar-refractivity contribution in [3.63, 3.8) is 0 Å². The second kappa shape index (κ2) is 7.63. The van der Waals surface area contributed by atoms with Crippen LogP contribution in [0.15, 0.2) is 54.6 Å². The van der Waals surface area contributed by atoms with Gasteiger partial charge in [0.25, 0.3) is 0 Å². The Morgan fingerprint density at radius 3 is 2.41 bits per heavy atom. The summed E-state index contributed by atoms with van der Waals surface area (Å²) in [5.41, 5.74) is 2.24. The molecule has 0 saturated carbocycles. The molecular formula is C18H22ClNO2. The minimum absolute atomic E-state index is 0. The molecule has 0 saturated heterocycles. The van der Waals surface area contributed by atoms with E-state index in [0.29, 0.717) is 12.6 Å². The summed E-state index contributed by atoms with van der Waals surface area (Å²) in [6.45, 7) is 4.91. The summed E-state index contributed by atoms with van der Waals surface area (Å²) < 4.78 is 12.1. The van der Waals surface area contributed by atoms with Crippen molar-refractivity contribution in [1.29, 1.82) is 0 Å². The average molecular weight is 320 g/mol. The molecule has 2 atom stereocenters. The van der Waals surface area contributed by atoms with Gasteiger partial charge in [-0.25, -0.2) is 0 Å². The molecule has 118 valence electrons. The molecule has 0 bridgehead atoms. The second-order valence-corrected chi connectivity index (χ2v) is 5.57. The predicted octanol–water partition coefficient (Wildman–Crippen LogP) is 3.93.